The Bertz CT molecular complexity index is 272. The number of halogens is 1. The number of nitrogens with one attached hydrogen (secondary N) is 1. The Labute approximate surface area is 90.2 Å². The zero-order valence-corrected chi connectivity index (χ0v) is 9.34. The lowest BCUT2D eigenvalue weighted by atomic mass is 10.1. The highest BCUT2D eigenvalue weighted by atomic mass is 35.5. The van der Waals surface area contributed by atoms with Crippen LogP contribution in [-0.4, -0.2) is 20.2 Å². The van der Waals surface area contributed by atoms with Crippen molar-refractivity contribution in [3.63, 3.8) is 0 Å². The Kier molecular flexibility index (Phi) is 4.94. The molecule has 1 aromatic rings. The quantitative estimate of drug-likeness (QED) is 0.812. The Balaban J connectivity index is 2.81. The molecule has 0 saturated heterocycles. The van der Waals surface area contributed by atoms with Gasteiger partial charge in [-0.2, -0.15) is 0 Å². The van der Waals surface area contributed by atoms with Gasteiger partial charge in [0.1, 0.15) is 0 Å². The van der Waals surface area contributed by atoms with Crippen LogP contribution in [0.3, 0.4) is 0 Å². The van der Waals surface area contributed by atoms with E-state index in [0.29, 0.717) is 6.61 Å². The molecule has 0 aromatic heterocycles. The number of rotatable bonds is 5. The van der Waals surface area contributed by atoms with Crippen molar-refractivity contribution in [3.8, 4) is 0 Å². The molecule has 1 unspecified atom stereocenters. The third-order valence-corrected chi connectivity index (χ3v) is 2.35. The molecule has 14 heavy (non-hydrogen) atoms. The van der Waals surface area contributed by atoms with Gasteiger partial charge in [-0.3, -0.25) is 0 Å². The fourth-order valence-electron chi connectivity index (χ4n) is 1.38. The van der Waals surface area contributed by atoms with Gasteiger partial charge in [0.25, 0.3) is 0 Å². The van der Waals surface area contributed by atoms with Gasteiger partial charge in [-0.1, -0.05) is 29.8 Å². The Morgan fingerprint density at radius 1 is 1.43 bits per heavy atom. The molecule has 1 aromatic carbocycles. The summed E-state index contributed by atoms with van der Waals surface area (Å²) in [5.74, 6) is 0. The average molecular weight is 214 g/mol. The van der Waals surface area contributed by atoms with Crippen LogP contribution in [0.4, 0.5) is 0 Å². The number of hydrogen-bond donors (Lipinski definition) is 1. The number of likely N-dealkylation sites (N-methyl/N-ethyl adjacent to an activating group) is 1. The van der Waals surface area contributed by atoms with Crippen LogP contribution in [0.2, 0.25) is 5.02 Å². The lowest BCUT2D eigenvalue weighted by Gasteiger charge is -2.18. The van der Waals surface area contributed by atoms with Gasteiger partial charge in [0.05, 0.1) is 6.10 Å². The largest absolute Gasteiger partial charge is 0.372 e. The molecule has 3 heteroatoms. The molecule has 0 aliphatic rings. The lowest BCUT2D eigenvalue weighted by Crippen LogP contribution is -2.20. The van der Waals surface area contributed by atoms with E-state index in [9.17, 15) is 0 Å². The first-order chi connectivity index (χ1) is 6.79. The molecule has 0 radical (unpaired) electrons. The van der Waals surface area contributed by atoms with Gasteiger partial charge in [0, 0.05) is 23.7 Å². The molecule has 78 valence electrons. The van der Waals surface area contributed by atoms with Crippen LogP contribution in [-0.2, 0) is 4.74 Å². The van der Waals surface area contributed by atoms with Crippen LogP contribution in [0.5, 0.6) is 0 Å². The maximum absolute atomic E-state index is 6.08. The van der Waals surface area contributed by atoms with E-state index in [2.05, 4.69) is 5.32 Å². The van der Waals surface area contributed by atoms with Crippen molar-refractivity contribution in [1.29, 1.82) is 0 Å². The van der Waals surface area contributed by atoms with Crippen LogP contribution in [0.1, 0.15) is 18.6 Å². The topological polar surface area (TPSA) is 21.3 Å². The summed E-state index contributed by atoms with van der Waals surface area (Å²) in [7, 11) is 1.91. The summed E-state index contributed by atoms with van der Waals surface area (Å²) >= 11 is 6.08. The van der Waals surface area contributed by atoms with Crippen molar-refractivity contribution >= 4 is 11.6 Å². The zero-order valence-electron chi connectivity index (χ0n) is 8.59. The van der Waals surface area contributed by atoms with E-state index >= 15 is 0 Å². The van der Waals surface area contributed by atoms with Crippen LogP contribution < -0.4 is 5.32 Å². The first-order valence-corrected chi connectivity index (χ1v) is 5.18. The monoisotopic (exact) mass is 213 g/mol. The van der Waals surface area contributed by atoms with E-state index in [4.69, 9.17) is 16.3 Å². The summed E-state index contributed by atoms with van der Waals surface area (Å²) in [6, 6.07) is 7.79. The van der Waals surface area contributed by atoms with Gasteiger partial charge in [0.15, 0.2) is 0 Å². The van der Waals surface area contributed by atoms with Crippen molar-refractivity contribution < 1.29 is 4.74 Å². The summed E-state index contributed by atoms with van der Waals surface area (Å²) in [6.07, 6.45) is 0.0405. The minimum absolute atomic E-state index is 0.0405. The summed E-state index contributed by atoms with van der Waals surface area (Å²) in [4.78, 5) is 0. The first kappa shape index (κ1) is 11.5. The standard InChI is InChI=1S/C11H16ClNO/c1-3-14-11(8-13-2)9-6-4-5-7-10(9)12/h4-7,11,13H,3,8H2,1-2H3. The predicted octanol–water partition coefficient (Wildman–Crippen LogP) is 2.64. The van der Waals surface area contributed by atoms with Gasteiger partial charge in [0.2, 0.25) is 0 Å². The number of hydrogen-bond acceptors (Lipinski definition) is 2. The van der Waals surface area contributed by atoms with E-state index in [-0.39, 0.29) is 6.10 Å². The molecule has 1 atom stereocenters. The Morgan fingerprint density at radius 3 is 2.71 bits per heavy atom. The van der Waals surface area contributed by atoms with Crippen LogP contribution in [0.15, 0.2) is 24.3 Å². The SMILES string of the molecule is CCOC(CNC)c1ccccc1Cl. The molecule has 2 nitrogen and oxygen atoms in total. The van der Waals surface area contributed by atoms with Crippen molar-refractivity contribution in [2.75, 3.05) is 20.2 Å². The molecule has 0 aliphatic heterocycles. The third kappa shape index (κ3) is 2.98. The fraction of sp³-hybridized carbons (Fsp3) is 0.455. The van der Waals surface area contributed by atoms with Gasteiger partial charge >= 0.3 is 0 Å². The highest BCUT2D eigenvalue weighted by Gasteiger charge is 2.12. The molecular weight excluding hydrogens is 198 g/mol. The van der Waals surface area contributed by atoms with Gasteiger partial charge in [-0.15, -0.1) is 0 Å². The van der Waals surface area contributed by atoms with E-state index in [1.165, 1.54) is 0 Å². The molecule has 0 bridgehead atoms. The molecule has 0 aliphatic carbocycles. The molecule has 0 heterocycles. The summed E-state index contributed by atoms with van der Waals surface area (Å²) in [5.41, 5.74) is 1.05. The van der Waals surface area contributed by atoms with Gasteiger partial charge in [-0.05, 0) is 20.0 Å². The highest BCUT2D eigenvalue weighted by Crippen LogP contribution is 2.24. The second-order valence-electron chi connectivity index (χ2n) is 3.02. The number of benzene rings is 1. The molecular formula is C11H16ClNO. The van der Waals surface area contributed by atoms with Crippen LogP contribution in [0, 0.1) is 0 Å². The van der Waals surface area contributed by atoms with E-state index < -0.39 is 0 Å². The molecule has 0 spiro atoms. The molecule has 0 fully saturated rings. The Hall–Kier alpha value is -0.570. The van der Waals surface area contributed by atoms with E-state index in [1.54, 1.807) is 0 Å². The van der Waals surface area contributed by atoms with E-state index in [1.807, 2.05) is 38.2 Å². The molecule has 0 amide bonds. The van der Waals surface area contributed by atoms with E-state index in [0.717, 1.165) is 17.1 Å². The highest BCUT2D eigenvalue weighted by molar-refractivity contribution is 6.31. The first-order valence-electron chi connectivity index (χ1n) is 4.80. The third-order valence-electron chi connectivity index (χ3n) is 2.01. The second-order valence-corrected chi connectivity index (χ2v) is 3.43. The molecule has 1 N–H and O–H groups in total. The minimum Gasteiger partial charge on any atom is -0.372 e. The second kappa shape index (κ2) is 6.02. The van der Waals surface area contributed by atoms with Crippen molar-refractivity contribution in [2.45, 2.75) is 13.0 Å². The predicted molar refractivity (Wildman–Crippen MR) is 59.7 cm³/mol. The van der Waals surface area contributed by atoms with Crippen molar-refractivity contribution in [1.82, 2.24) is 5.32 Å². The maximum atomic E-state index is 6.08. The maximum Gasteiger partial charge on any atom is 0.0963 e. The smallest absolute Gasteiger partial charge is 0.0963 e. The van der Waals surface area contributed by atoms with Crippen molar-refractivity contribution in [3.05, 3.63) is 34.9 Å². The molecule has 1 rings (SSSR count). The van der Waals surface area contributed by atoms with Gasteiger partial charge in [-0.25, -0.2) is 0 Å². The summed E-state index contributed by atoms with van der Waals surface area (Å²) in [5, 5.41) is 3.86. The number of ether oxygens (including phenoxy) is 1. The summed E-state index contributed by atoms with van der Waals surface area (Å²) < 4.78 is 5.60. The van der Waals surface area contributed by atoms with Crippen molar-refractivity contribution in [2.24, 2.45) is 0 Å². The summed E-state index contributed by atoms with van der Waals surface area (Å²) in [6.45, 7) is 3.45. The average Bonchev–Trinajstić information content (AvgIpc) is 2.18. The zero-order chi connectivity index (χ0) is 10.4. The Morgan fingerprint density at radius 2 is 2.14 bits per heavy atom. The molecule has 0 saturated carbocycles. The van der Waals surface area contributed by atoms with Gasteiger partial charge < -0.3 is 10.1 Å². The fourth-order valence-corrected chi connectivity index (χ4v) is 1.64. The van der Waals surface area contributed by atoms with Crippen LogP contribution in [0.25, 0.3) is 0 Å². The van der Waals surface area contributed by atoms with Crippen LogP contribution >= 0.6 is 11.6 Å². The minimum atomic E-state index is 0.0405. The lowest BCUT2D eigenvalue weighted by molar-refractivity contribution is 0.0639. The normalized spacial score (nSPS) is 12.8.